The highest BCUT2D eigenvalue weighted by atomic mass is 35.5. The van der Waals surface area contributed by atoms with Crippen molar-refractivity contribution in [2.24, 2.45) is 4.99 Å². The lowest BCUT2D eigenvalue weighted by molar-refractivity contribution is -0.139. The van der Waals surface area contributed by atoms with E-state index in [4.69, 9.17) is 26.2 Å². The number of methoxy groups -OCH3 is 1. The van der Waals surface area contributed by atoms with Gasteiger partial charge >= 0.3 is 5.97 Å². The maximum absolute atomic E-state index is 12.3. The molecule has 0 unspecified atom stereocenters. The Morgan fingerprint density at radius 3 is 2.76 bits per heavy atom. The summed E-state index contributed by atoms with van der Waals surface area (Å²) in [6, 6.07) is 10.3. The predicted octanol–water partition coefficient (Wildman–Crippen LogP) is 4.01. The Kier molecular flexibility index (Phi) is 6.46. The summed E-state index contributed by atoms with van der Waals surface area (Å²) in [7, 11) is 1.45. The fraction of sp³-hybridized carbons (Fsp3) is 0.150. The number of amides is 1. The summed E-state index contributed by atoms with van der Waals surface area (Å²) in [5.74, 6) is -0.665. The first kappa shape index (κ1) is 20.8. The fourth-order valence-electron chi connectivity index (χ4n) is 2.52. The van der Waals surface area contributed by atoms with Crippen LogP contribution in [0.25, 0.3) is 6.08 Å². The standard InChI is InChI=1S/C20H17ClN2O5S/c1-11-7-13(21)4-5-14(11)22-20-23-19(26)17(29-20)9-12-3-6-15(16(8-12)27-2)28-10-18(24)25/h3-9H,10H2,1-2H3,(H,24,25)(H,22,23,26)/b17-9-. The molecule has 2 N–H and O–H groups in total. The largest absolute Gasteiger partial charge is 0.493 e. The van der Waals surface area contributed by atoms with Crippen molar-refractivity contribution < 1.29 is 24.2 Å². The number of carboxylic acid groups (broad SMARTS) is 1. The van der Waals surface area contributed by atoms with Gasteiger partial charge in [-0.25, -0.2) is 9.79 Å². The number of hydrogen-bond donors (Lipinski definition) is 2. The van der Waals surface area contributed by atoms with Gasteiger partial charge in [0.1, 0.15) is 0 Å². The second kappa shape index (κ2) is 9.02. The molecule has 0 spiro atoms. The number of halogens is 1. The van der Waals surface area contributed by atoms with Crippen LogP contribution in [0.5, 0.6) is 11.5 Å². The van der Waals surface area contributed by atoms with Crippen molar-refractivity contribution in [3.05, 3.63) is 57.5 Å². The van der Waals surface area contributed by atoms with Crippen LogP contribution in [0.3, 0.4) is 0 Å². The van der Waals surface area contributed by atoms with Crippen LogP contribution in [0, 0.1) is 6.92 Å². The van der Waals surface area contributed by atoms with E-state index >= 15 is 0 Å². The van der Waals surface area contributed by atoms with E-state index in [1.54, 1.807) is 42.5 Å². The summed E-state index contributed by atoms with van der Waals surface area (Å²) < 4.78 is 10.4. The first-order chi connectivity index (χ1) is 13.9. The molecule has 1 fully saturated rings. The number of ether oxygens (including phenoxy) is 2. The Morgan fingerprint density at radius 1 is 1.28 bits per heavy atom. The number of nitrogens with zero attached hydrogens (tertiary/aromatic N) is 1. The third-order valence-corrected chi connectivity index (χ3v) is 5.01. The van der Waals surface area contributed by atoms with Gasteiger partial charge in [0, 0.05) is 5.02 Å². The first-order valence-corrected chi connectivity index (χ1v) is 9.63. The van der Waals surface area contributed by atoms with Gasteiger partial charge in [-0.05, 0) is 66.2 Å². The van der Waals surface area contributed by atoms with E-state index < -0.39 is 12.6 Å². The Morgan fingerprint density at radius 2 is 2.07 bits per heavy atom. The summed E-state index contributed by atoms with van der Waals surface area (Å²) in [5.41, 5.74) is 2.32. The molecule has 0 aromatic heterocycles. The number of amidine groups is 1. The normalized spacial score (nSPS) is 16.2. The van der Waals surface area contributed by atoms with Gasteiger partial charge in [-0.2, -0.15) is 0 Å². The Hall–Kier alpha value is -2.97. The highest BCUT2D eigenvalue weighted by molar-refractivity contribution is 8.18. The van der Waals surface area contributed by atoms with E-state index in [0.717, 1.165) is 11.3 Å². The van der Waals surface area contributed by atoms with Crippen molar-refractivity contribution >= 4 is 52.2 Å². The molecule has 0 atom stereocenters. The van der Waals surface area contributed by atoms with Crippen molar-refractivity contribution in [1.82, 2.24) is 5.32 Å². The minimum Gasteiger partial charge on any atom is -0.493 e. The maximum Gasteiger partial charge on any atom is 0.341 e. The van der Waals surface area contributed by atoms with Gasteiger partial charge in [-0.3, -0.25) is 4.79 Å². The fourth-order valence-corrected chi connectivity index (χ4v) is 3.58. The zero-order valence-electron chi connectivity index (χ0n) is 15.6. The van der Waals surface area contributed by atoms with Crippen LogP contribution in [0.1, 0.15) is 11.1 Å². The van der Waals surface area contributed by atoms with Gasteiger partial charge in [0.25, 0.3) is 5.91 Å². The summed E-state index contributed by atoms with van der Waals surface area (Å²) >= 11 is 7.18. The van der Waals surface area contributed by atoms with Crippen LogP contribution in [-0.2, 0) is 9.59 Å². The molecule has 0 radical (unpaired) electrons. The zero-order valence-corrected chi connectivity index (χ0v) is 17.1. The van der Waals surface area contributed by atoms with Crippen LogP contribution < -0.4 is 14.8 Å². The molecule has 1 heterocycles. The molecule has 1 aliphatic rings. The minimum absolute atomic E-state index is 0.259. The van der Waals surface area contributed by atoms with E-state index in [1.165, 1.54) is 18.9 Å². The molecule has 2 aromatic rings. The predicted molar refractivity (Wildman–Crippen MR) is 113 cm³/mol. The molecule has 1 amide bonds. The molecule has 0 saturated carbocycles. The number of hydrogen-bond acceptors (Lipinski definition) is 6. The summed E-state index contributed by atoms with van der Waals surface area (Å²) in [6.07, 6.45) is 1.70. The molecule has 0 bridgehead atoms. The van der Waals surface area contributed by atoms with E-state index in [9.17, 15) is 9.59 Å². The average molecular weight is 433 g/mol. The van der Waals surface area contributed by atoms with Gasteiger partial charge in [-0.1, -0.05) is 17.7 Å². The van der Waals surface area contributed by atoms with E-state index in [-0.39, 0.29) is 5.91 Å². The Labute approximate surface area is 176 Å². The molecule has 1 aliphatic heterocycles. The lowest BCUT2D eigenvalue weighted by Crippen LogP contribution is -2.19. The lowest BCUT2D eigenvalue weighted by Gasteiger charge is -2.09. The average Bonchev–Trinajstić information content (AvgIpc) is 3.01. The quantitative estimate of drug-likeness (QED) is 0.669. The summed E-state index contributed by atoms with van der Waals surface area (Å²) in [6.45, 7) is 1.42. The van der Waals surface area contributed by atoms with Gasteiger partial charge < -0.3 is 19.9 Å². The number of carbonyl (C=O) groups is 2. The number of aliphatic carboxylic acids is 1. The number of aryl methyl sites for hydroxylation is 1. The van der Waals surface area contributed by atoms with Gasteiger partial charge in [0.15, 0.2) is 23.3 Å². The number of carboxylic acids is 1. The molecule has 7 nitrogen and oxygen atoms in total. The summed E-state index contributed by atoms with van der Waals surface area (Å²) in [4.78, 5) is 27.9. The Bertz CT molecular complexity index is 1040. The number of benzene rings is 2. The molecule has 3 rings (SSSR count). The third-order valence-electron chi connectivity index (χ3n) is 3.87. The van der Waals surface area contributed by atoms with Crippen molar-refractivity contribution in [2.45, 2.75) is 6.92 Å². The zero-order chi connectivity index (χ0) is 21.0. The number of rotatable bonds is 6. The van der Waals surface area contributed by atoms with E-state index in [2.05, 4.69) is 10.3 Å². The van der Waals surface area contributed by atoms with Crippen molar-refractivity contribution in [2.75, 3.05) is 13.7 Å². The molecule has 150 valence electrons. The SMILES string of the molecule is COc1cc(/C=C2\SC(=Nc3ccc(Cl)cc3C)NC2=O)ccc1OCC(=O)O. The number of aliphatic imine (C=N–C) groups is 1. The highest BCUT2D eigenvalue weighted by Gasteiger charge is 2.24. The molecule has 1 saturated heterocycles. The minimum atomic E-state index is -1.08. The summed E-state index contributed by atoms with van der Waals surface area (Å²) in [5, 5.41) is 12.6. The maximum atomic E-state index is 12.3. The molecule has 9 heteroatoms. The van der Waals surface area contributed by atoms with Crippen LogP contribution in [0.2, 0.25) is 5.02 Å². The van der Waals surface area contributed by atoms with Gasteiger partial charge in [0.05, 0.1) is 17.7 Å². The van der Waals surface area contributed by atoms with Gasteiger partial charge in [-0.15, -0.1) is 0 Å². The Balaban J connectivity index is 1.81. The molecule has 29 heavy (non-hydrogen) atoms. The molecular formula is C20H17ClN2O5S. The number of nitrogens with one attached hydrogen (secondary N) is 1. The van der Waals surface area contributed by atoms with E-state index in [1.807, 2.05) is 6.92 Å². The monoisotopic (exact) mass is 432 g/mol. The van der Waals surface area contributed by atoms with Crippen LogP contribution in [0.4, 0.5) is 5.69 Å². The van der Waals surface area contributed by atoms with Crippen LogP contribution in [-0.4, -0.2) is 35.9 Å². The number of carbonyl (C=O) groups excluding carboxylic acids is 1. The second-order valence-corrected chi connectivity index (χ2v) is 7.47. The van der Waals surface area contributed by atoms with E-state index in [0.29, 0.717) is 32.2 Å². The molecule has 2 aromatic carbocycles. The highest BCUT2D eigenvalue weighted by Crippen LogP contribution is 2.33. The first-order valence-electron chi connectivity index (χ1n) is 8.44. The molecular weight excluding hydrogens is 416 g/mol. The molecule has 0 aliphatic carbocycles. The number of thioether (sulfide) groups is 1. The van der Waals surface area contributed by atoms with Crippen LogP contribution >= 0.6 is 23.4 Å². The van der Waals surface area contributed by atoms with Crippen LogP contribution in [0.15, 0.2) is 46.3 Å². The van der Waals surface area contributed by atoms with Crippen molar-refractivity contribution in [3.63, 3.8) is 0 Å². The van der Waals surface area contributed by atoms with Crippen molar-refractivity contribution in [3.8, 4) is 11.5 Å². The lowest BCUT2D eigenvalue weighted by atomic mass is 10.2. The third kappa shape index (κ3) is 5.30. The van der Waals surface area contributed by atoms with Gasteiger partial charge in [0.2, 0.25) is 0 Å². The second-order valence-electron chi connectivity index (χ2n) is 6.01. The van der Waals surface area contributed by atoms with Crippen molar-refractivity contribution in [1.29, 1.82) is 0 Å². The topological polar surface area (TPSA) is 97.2 Å². The smallest absolute Gasteiger partial charge is 0.341 e.